The zero-order chi connectivity index (χ0) is 15.8. The van der Waals surface area contributed by atoms with Crippen LogP contribution in [0.15, 0.2) is 55.3 Å². The minimum Gasteiger partial charge on any atom is -0.383 e. The Labute approximate surface area is 135 Å². The van der Waals surface area contributed by atoms with E-state index in [-0.39, 0.29) is 5.91 Å². The number of nitrogens with zero attached hydrogens (tertiary/aromatic N) is 1. The van der Waals surface area contributed by atoms with Crippen LogP contribution in [0.2, 0.25) is 5.02 Å². The lowest BCUT2D eigenvalue weighted by Gasteiger charge is -2.07. The summed E-state index contributed by atoms with van der Waals surface area (Å²) in [6.07, 6.45) is 4.15. The van der Waals surface area contributed by atoms with Gasteiger partial charge in [0.1, 0.15) is 5.69 Å². The maximum atomic E-state index is 11.7. The van der Waals surface area contributed by atoms with Crippen molar-refractivity contribution in [3.63, 3.8) is 0 Å². The van der Waals surface area contributed by atoms with E-state index in [4.69, 9.17) is 11.6 Å². The molecule has 0 aliphatic rings. The molecule has 2 aromatic rings. The number of anilines is 1. The van der Waals surface area contributed by atoms with Gasteiger partial charge in [-0.1, -0.05) is 29.8 Å². The number of carbonyl (C=O) groups excluding carboxylic acids is 1. The van der Waals surface area contributed by atoms with E-state index >= 15 is 0 Å². The summed E-state index contributed by atoms with van der Waals surface area (Å²) in [6.45, 7) is 4.75. The molecule has 0 spiro atoms. The van der Waals surface area contributed by atoms with E-state index in [0.717, 1.165) is 23.7 Å². The first kappa shape index (κ1) is 16.0. The van der Waals surface area contributed by atoms with E-state index in [9.17, 15) is 4.79 Å². The van der Waals surface area contributed by atoms with Crippen LogP contribution in [0.25, 0.3) is 0 Å². The zero-order valence-electron chi connectivity index (χ0n) is 12.2. The third-order valence-electron chi connectivity index (χ3n) is 3.03. The summed E-state index contributed by atoms with van der Waals surface area (Å²) in [6, 6.07) is 11.3. The summed E-state index contributed by atoms with van der Waals surface area (Å²) in [5.41, 5.74) is 2.44. The molecule has 114 valence electrons. The minimum absolute atomic E-state index is 0.203. The molecule has 1 heterocycles. The van der Waals surface area contributed by atoms with Gasteiger partial charge in [-0.2, -0.15) is 0 Å². The summed E-state index contributed by atoms with van der Waals surface area (Å²) in [5.74, 6) is -0.203. The van der Waals surface area contributed by atoms with Gasteiger partial charge in [0.15, 0.2) is 0 Å². The Morgan fingerprint density at radius 3 is 2.86 bits per heavy atom. The lowest BCUT2D eigenvalue weighted by atomic mass is 10.1. The van der Waals surface area contributed by atoms with Crippen LogP contribution in [0.5, 0.6) is 0 Å². The monoisotopic (exact) mass is 315 g/mol. The number of nitrogens with one attached hydrogen (secondary N) is 2. The van der Waals surface area contributed by atoms with Crippen LogP contribution in [-0.4, -0.2) is 24.0 Å². The van der Waals surface area contributed by atoms with Gasteiger partial charge in [-0.15, -0.1) is 6.58 Å². The van der Waals surface area contributed by atoms with Crippen molar-refractivity contribution in [1.82, 2.24) is 10.3 Å². The molecular weight excluding hydrogens is 298 g/mol. The van der Waals surface area contributed by atoms with Crippen molar-refractivity contribution in [3.05, 3.63) is 71.5 Å². The molecule has 0 bridgehead atoms. The highest BCUT2D eigenvalue weighted by Gasteiger charge is 2.05. The number of rotatable bonds is 7. The number of halogens is 1. The number of pyridine rings is 1. The highest BCUT2D eigenvalue weighted by molar-refractivity contribution is 6.30. The highest BCUT2D eigenvalue weighted by Crippen LogP contribution is 2.12. The number of carbonyl (C=O) groups is 1. The first-order valence-electron chi connectivity index (χ1n) is 7.02. The molecule has 0 unspecified atom stereocenters. The number of amides is 1. The Balaban J connectivity index is 1.83. The second-order valence-electron chi connectivity index (χ2n) is 4.74. The molecular formula is C17H18ClN3O. The molecule has 0 atom stereocenters. The van der Waals surface area contributed by atoms with Crippen molar-refractivity contribution in [3.8, 4) is 0 Å². The molecule has 4 nitrogen and oxygen atoms in total. The molecule has 0 aliphatic heterocycles. The largest absolute Gasteiger partial charge is 0.383 e. The average molecular weight is 316 g/mol. The molecule has 5 heteroatoms. The van der Waals surface area contributed by atoms with Crippen LogP contribution in [0.3, 0.4) is 0 Å². The lowest BCUT2D eigenvalue weighted by Crippen LogP contribution is -2.24. The lowest BCUT2D eigenvalue weighted by molar-refractivity contribution is 0.0953. The fraction of sp³-hybridized carbons (Fsp3) is 0.176. The van der Waals surface area contributed by atoms with Crippen LogP contribution in [0, 0.1) is 0 Å². The van der Waals surface area contributed by atoms with E-state index in [1.807, 2.05) is 30.3 Å². The van der Waals surface area contributed by atoms with Crippen molar-refractivity contribution in [2.75, 3.05) is 18.4 Å². The normalized spacial score (nSPS) is 10.0. The quantitative estimate of drug-likeness (QED) is 0.771. The fourth-order valence-electron chi connectivity index (χ4n) is 1.93. The smallest absolute Gasteiger partial charge is 0.270 e. The second kappa shape index (κ2) is 8.20. The van der Waals surface area contributed by atoms with Gasteiger partial charge in [0.25, 0.3) is 5.91 Å². The fourth-order valence-corrected chi connectivity index (χ4v) is 2.14. The van der Waals surface area contributed by atoms with Crippen LogP contribution in [-0.2, 0) is 6.42 Å². The second-order valence-corrected chi connectivity index (χ2v) is 5.17. The summed E-state index contributed by atoms with van der Waals surface area (Å²) < 4.78 is 0. The van der Waals surface area contributed by atoms with Crippen molar-refractivity contribution in [2.45, 2.75) is 6.42 Å². The van der Waals surface area contributed by atoms with Crippen LogP contribution < -0.4 is 10.6 Å². The first-order chi connectivity index (χ1) is 10.7. The van der Waals surface area contributed by atoms with Gasteiger partial charge in [0.2, 0.25) is 0 Å². The van der Waals surface area contributed by atoms with E-state index in [2.05, 4.69) is 22.2 Å². The molecule has 0 aliphatic carbocycles. The molecule has 2 N–H and O–H groups in total. The summed E-state index contributed by atoms with van der Waals surface area (Å²) in [4.78, 5) is 15.8. The number of hydrogen-bond donors (Lipinski definition) is 2. The van der Waals surface area contributed by atoms with Crippen molar-refractivity contribution in [2.24, 2.45) is 0 Å². The van der Waals surface area contributed by atoms with Crippen LogP contribution in [0.4, 0.5) is 5.69 Å². The highest BCUT2D eigenvalue weighted by atomic mass is 35.5. The van der Waals surface area contributed by atoms with Gasteiger partial charge in [-0.05, 0) is 36.2 Å². The van der Waals surface area contributed by atoms with Gasteiger partial charge in [-0.25, -0.2) is 4.98 Å². The van der Waals surface area contributed by atoms with Crippen molar-refractivity contribution in [1.29, 1.82) is 0 Å². The summed E-state index contributed by atoms with van der Waals surface area (Å²) >= 11 is 5.95. The van der Waals surface area contributed by atoms with Crippen LogP contribution >= 0.6 is 11.6 Å². The van der Waals surface area contributed by atoms with E-state index < -0.39 is 0 Å². The average Bonchev–Trinajstić information content (AvgIpc) is 2.53. The SMILES string of the molecule is C=CCNC(=O)c1ccc(NCCc2cccc(Cl)c2)cn1. The molecule has 0 saturated heterocycles. The van der Waals surface area contributed by atoms with Crippen molar-refractivity contribution >= 4 is 23.2 Å². The van der Waals surface area contributed by atoms with Gasteiger partial charge in [0, 0.05) is 18.1 Å². The van der Waals surface area contributed by atoms with Gasteiger partial charge < -0.3 is 10.6 Å². The molecule has 1 aromatic heterocycles. The Morgan fingerprint density at radius 1 is 1.32 bits per heavy atom. The number of aromatic nitrogens is 1. The van der Waals surface area contributed by atoms with Gasteiger partial charge in [0.05, 0.1) is 11.9 Å². The predicted molar refractivity (Wildman–Crippen MR) is 90.4 cm³/mol. The zero-order valence-corrected chi connectivity index (χ0v) is 12.9. The predicted octanol–water partition coefficient (Wildman–Crippen LogP) is 3.31. The van der Waals surface area contributed by atoms with E-state index in [0.29, 0.717) is 12.2 Å². The topological polar surface area (TPSA) is 54.0 Å². The van der Waals surface area contributed by atoms with Gasteiger partial charge in [-0.3, -0.25) is 4.79 Å². The third-order valence-corrected chi connectivity index (χ3v) is 3.27. The van der Waals surface area contributed by atoms with E-state index in [1.165, 1.54) is 5.56 Å². The Kier molecular flexibility index (Phi) is 5.98. The van der Waals surface area contributed by atoms with Crippen molar-refractivity contribution < 1.29 is 4.79 Å². The molecule has 0 saturated carbocycles. The molecule has 22 heavy (non-hydrogen) atoms. The third kappa shape index (κ3) is 4.90. The Bertz CT molecular complexity index is 641. The van der Waals surface area contributed by atoms with Crippen LogP contribution in [0.1, 0.15) is 16.1 Å². The summed E-state index contributed by atoms with van der Waals surface area (Å²) in [5, 5.41) is 6.70. The molecule has 2 rings (SSSR count). The standard InChI is InChI=1S/C17H18ClN3O/c1-2-9-20-17(22)16-7-6-15(12-21-16)19-10-8-13-4-3-5-14(18)11-13/h2-7,11-12,19H,1,8-10H2,(H,20,22). The molecule has 1 amide bonds. The maximum Gasteiger partial charge on any atom is 0.270 e. The molecule has 0 radical (unpaired) electrons. The molecule has 0 fully saturated rings. The number of benzene rings is 1. The minimum atomic E-state index is -0.203. The maximum absolute atomic E-state index is 11.7. The summed E-state index contributed by atoms with van der Waals surface area (Å²) in [7, 11) is 0. The first-order valence-corrected chi connectivity index (χ1v) is 7.40. The van der Waals surface area contributed by atoms with Gasteiger partial charge >= 0.3 is 0 Å². The van der Waals surface area contributed by atoms with E-state index in [1.54, 1.807) is 18.3 Å². The number of hydrogen-bond acceptors (Lipinski definition) is 3. The Morgan fingerprint density at radius 2 is 2.18 bits per heavy atom. The molecule has 1 aromatic carbocycles. The Hall–Kier alpha value is -2.33.